The van der Waals surface area contributed by atoms with Crippen molar-refractivity contribution in [2.45, 2.75) is 19.9 Å². The maximum Gasteiger partial charge on any atom is 0.213 e. The zero-order valence-electron chi connectivity index (χ0n) is 16.2. The molecular weight excluding hydrogens is 342 g/mol. The molecule has 0 unspecified atom stereocenters. The van der Waals surface area contributed by atoms with E-state index in [1.165, 1.54) is 16.8 Å². The summed E-state index contributed by atoms with van der Waals surface area (Å²) < 4.78 is 24.5. The van der Waals surface area contributed by atoms with Gasteiger partial charge >= 0.3 is 0 Å². The van der Waals surface area contributed by atoms with Gasteiger partial charge in [0.2, 0.25) is 5.69 Å². The van der Waals surface area contributed by atoms with Gasteiger partial charge in [-0.05, 0) is 42.1 Å². The van der Waals surface area contributed by atoms with Crippen molar-refractivity contribution < 1.29 is 23.5 Å². The third kappa shape index (κ3) is 2.93. The molecule has 0 atom stereocenters. The molecule has 0 saturated carbocycles. The standard InChI is InChI=1S/C22H24NO4/c1-5-27-22-12-17-14(9-21(22)26-4)6-7-23-13-16-11-20(25-3)19(24-2)10-15(16)8-18(17)23/h8-13H,5-7H2,1-4H3/q+1. The third-order valence-corrected chi connectivity index (χ3v) is 5.07. The number of benzene rings is 2. The summed E-state index contributed by atoms with van der Waals surface area (Å²) in [6, 6.07) is 10.4. The van der Waals surface area contributed by atoms with Crippen molar-refractivity contribution in [1.29, 1.82) is 0 Å². The Bertz CT molecular complexity index is 1010. The largest absolute Gasteiger partial charge is 0.493 e. The molecule has 0 amide bonds. The van der Waals surface area contributed by atoms with Crippen molar-refractivity contribution in [3.8, 4) is 34.3 Å². The van der Waals surface area contributed by atoms with Crippen LogP contribution in [0.4, 0.5) is 0 Å². The number of pyridine rings is 1. The molecule has 0 bridgehead atoms. The summed E-state index contributed by atoms with van der Waals surface area (Å²) in [5.74, 6) is 3.04. The van der Waals surface area contributed by atoms with Crippen LogP contribution in [0.2, 0.25) is 0 Å². The van der Waals surface area contributed by atoms with Crippen molar-refractivity contribution in [3.63, 3.8) is 0 Å². The molecule has 0 aliphatic carbocycles. The summed E-state index contributed by atoms with van der Waals surface area (Å²) in [7, 11) is 5.00. The van der Waals surface area contributed by atoms with Crippen LogP contribution in [0.3, 0.4) is 0 Å². The van der Waals surface area contributed by atoms with Crippen LogP contribution >= 0.6 is 0 Å². The molecule has 0 N–H and O–H groups in total. The van der Waals surface area contributed by atoms with Gasteiger partial charge in [0.05, 0.1) is 33.5 Å². The lowest BCUT2D eigenvalue weighted by atomic mass is 9.95. The average Bonchev–Trinajstić information content (AvgIpc) is 2.71. The lowest BCUT2D eigenvalue weighted by molar-refractivity contribution is -0.686. The molecule has 4 rings (SSSR count). The Hall–Kier alpha value is -2.95. The molecule has 1 aromatic heterocycles. The second kappa shape index (κ2) is 6.99. The summed E-state index contributed by atoms with van der Waals surface area (Å²) in [6.07, 6.45) is 3.13. The fourth-order valence-electron chi connectivity index (χ4n) is 3.75. The third-order valence-electron chi connectivity index (χ3n) is 5.07. The van der Waals surface area contributed by atoms with E-state index in [0.29, 0.717) is 6.61 Å². The van der Waals surface area contributed by atoms with Crippen LogP contribution < -0.4 is 23.5 Å². The number of hydrogen-bond acceptors (Lipinski definition) is 4. The lowest BCUT2D eigenvalue weighted by Gasteiger charge is -2.19. The van der Waals surface area contributed by atoms with Gasteiger partial charge in [0.15, 0.2) is 35.7 Å². The molecule has 5 nitrogen and oxygen atoms in total. The Labute approximate surface area is 159 Å². The van der Waals surface area contributed by atoms with Gasteiger partial charge in [0.1, 0.15) is 0 Å². The first-order valence-electron chi connectivity index (χ1n) is 9.11. The van der Waals surface area contributed by atoms with E-state index in [1.807, 2.05) is 19.1 Å². The van der Waals surface area contributed by atoms with Gasteiger partial charge in [-0.15, -0.1) is 0 Å². The Morgan fingerprint density at radius 1 is 0.815 bits per heavy atom. The van der Waals surface area contributed by atoms with Crippen molar-refractivity contribution in [1.82, 2.24) is 0 Å². The minimum absolute atomic E-state index is 0.601. The Morgan fingerprint density at radius 2 is 1.48 bits per heavy atom. The summed E-state index contributed by atoms with van der Waals surface area (Å²) in [6.45, 7) is 3.50. The summed E-state index contributed by atoms with van der Waals surface area (Å²) in [5.41, 5.74) is 3.62. The van der Waals surface area contributed by atoms with Crippen molar-refractivity contribution in [3.05, 3.63) is 42.1 Å². The highest BCUT2D eigenvalue weighted by Crippen LogP contribution is 2.39. The van der Waals surface area contributed by atoms with Gasteiger partial charge < -0.3 is 18.9 Å². The van der Waals surface area contributed by atoms with Gasteiger partial charge in [0, 0.05) is 17.9 Å². The van der Waals surface area contributed by atoms with Crippen molar-refractivity contribution >= 4 is 10.8 Å². The highest BCUT2D eigenvalue weighted by atomic mass is 16.5. The van der Waals surface area contributed by atoms with Gasteiger partial charge in [-0.3, -0.25) is 0 Å². The summed E-state index contributed by atoms with van der Waals surface area (Å²) >= 11 is 0. The number of methoxy groups -OCH3 is 3. The number of aryl methyl sites for hydroxylation is 2. The molecule has 3 aromatic rings. The first-order chi connectivity index (χ1) is 13.2. The molecule has 2 heterocycles. The molecule has 1 aliphatic rings. The van der Waals surface area contributed by atoms with E-state index in [4.69, 9.17) is 18.9 Å². The first kappa shape index (κ1) is 17.5. The molecule has 27 heavy (non-hydrogen) atoms. The highest BCUT2D eigenvalue weighted by Gasteiger charge is 2.26. The van der Waals surface area contributed by atoms with Crippen molar-refractivity contribution in [2.75, 3.05) is 27.9 Å². The predicted octanol–water partition coefficient (Wildman–Crippen LogP) is 3.77. The Morgan fingerprint density at radius 3 is 2.15 bits per heavy atom. The van der Waals surface area contributed by atoms with Crippen LogP contribution in [0.15, 0.2) is 36.5 Å². The quantitative estimate of drug-likeness (QED) is 0.645. The molecule has 0 fully saturated rings. The topological polar surface area (TPSA) is 40.8 Å². The fraction of sp³-hybridized carbons (Fsp3) is 0.318. The highest BCUT2D eigenvalue weighted by molar-refractivity contribution is 5.87. The first-order valence-corrected chi connectivity index (χ1v) is 9.11. The summed E-state index contributed by atoms with van der Waals surface area (Å²) in [5, 5.41) is 2.24. The number of nitrogens with zero attached hydrogens (tertiary/aromatic N) is 1. The SMILES string of the molecule is CCOc1cc2c(cc1OC)CC[n+]1cc3cc(OC)c(OC)cc3cc1-2. The van der Waals surface area contributed by atoms with E-state index in [9.17, 15) is 0 Å². The van der Waals surface area contributed by atoms with E-state index in [1.54, 1.807) is 21.3 Å². The van der Waals surface area contributed by atoms with Gasteiger partial charge in [-0.2, -0.15) is 4.57 Å². The zero-order valence-corrected chi connectivity index (χ0v) is 16.2. The smallest absolute Gasteiger partial charge is 0.213 e. The molecule has 0 spiro atoms. The van der Waals surface area contributed by atoms with Crippen molar-refractivity contribution in [2.24, 2.45) is 0 Å². The molecular formula is C22H24NO4+. The van der Waals surface area contributed by atoms with Crippen LogP contribution in [-0.4, -0.2) is 27.9 Å². The van der Waals surface area contributed by atoms with E-state index >= 15 is 0 Å². The van der Waals surface area contributed by atoms with Gasteiger partial charge in [0.25, 0.3) is 0 Å². The molecule has 0 saturated heterocycles. The number of aromatic nitrogens is 1. The van der Waals surface area contributed by atoms with Gasteiger partial charge in [-0.25, -0.2) is 0 Å². The number of ether oxygens (including phenoxy) is 4. The minimum Gasteiger partial charge on any atom is -0.493 e. The second-order valence-corrected chi connectivity index (χ2v) is 6.53. The second-order valence-electron chi connectivity index (χ2n) is 6.53. The molecule has 1 aliphatic heterocycles. The van der Waals surface area contributed by atoms with Gasteiger partial charge in [-0.1, -0.05) is 0 Å². The summed E-state index contributed by atoms with van der Waals surface area (Å²) in [4.78, 5) is 0. The number of hydrogen-bond donors (Lipinski definition) is 0. The monoisotopic (exact) mass is 366 g/mol. The number of rotatable bonds is 5. The molecule has 0 radical (unpaired) electrons. The van der Waals surface area contributed by atoms with E-state index < -0.39 is 0 Å². The van der Waals surface area contributed by atoms with E-state index in [-0.39, 0.29) is 0 Å². The Kier molecular flexibility index (Phi) is 4.52. The maximum absolute atomic E-state index is 5.79. The zero-order chi connectivity index (χ0) is 19.0. The van der Waals surface area contributed by atoms with Crippen LogP contribution in [0.25, 0.3) is 22.0 Å². The minimum atomic E-state index is 0.601. The van der Waals surface area contributed by atoms with Crippen LogP contribution in [-0.2, 0) is 13.0 Å². The predicted molar refractivity (Wildman–Crippen MR) is 104 cm³/mol. The maximum atomic E-state index is 5.79. The Balaban J connectivity index is 1.92. The molecule has 5 heteroatoms. The van der Waals surface area contributed by atoms with E-state index in [0.717, 1.165) is 46.7 Å². The molecule has 2 aromatic carbocycles. The van der Waals surface area contributed by atoms with E-state index in [2.05, 4.69) is 29.0 Å². The molecule has 140 valence electrons. The number of fused-ring (bicyclic) bond motifs is 4. The van der Waals surface area contributed by atoms with Crippen LogP contribution in [0.1, 0.15) is 12.5 Å². The fourth-order valence-corrected chi connectivity index (χ4v) is 3.75. The van der Waals surface area contributed by atoms with Crippen LogP contribution in [0, 0.1) is 0 Å². The average molecular weight is 366 g/mol. The van der Waals surface area contributed by atoms with Crippen LogP contribution in [0.5, 0.6) is 23.0 Å². The lowest BCUT2D eigenvalue weighted by Crippen LogP contribution is -2.40. The normalized spacial score (nSPS) is 12.3.